The maximum Gasteiger partial charge on any atom is 0.251 e. The lowest BCUT2D eigenvalue weighted by atomic mass is 9.98. The van der Waals surface area contributed by atoms with Crippen molar-refractivity contribution < 1.29 is 18.0 Å². The Bertz CT molecular complexity index is 1580. The van der Waals surface area contributed by atoms with Gasteiger partial charge in [0.15, 0.2) is 9.84 Å². The number of carbonyl (C=O) groups is 2. The number of sulfone groups is 1. The maximum absolute atomic E-state index is 13.3. The summed E-state index contributed by atoms with van der Waals surface area (Å²) in [6.07, 6.45) is 0. The van der Waals surface area contributed by atoms with Crippen molar-refractivity contribution in [1.29, 1.82) is 5.26 Å². The highest BCUT2D eigenvalue weighted by Crippen LogP contribution is 2.28. The number of nitriles is 1. The Morgan fingerprint density at radius 3 is 2.27 bits per heavy atom. The average molecular weight is 512 g/mol. The second-order valence-corrected chi connectivity index (χ2v) is 10.7. The van der Waals surface area contributed by atoms with E-state index in [1.807, 2.05) is 54.6 Å². The molecule has 0 saturated heterocycles. The van der Waals surface area contributed by atoms with Crippen LogP contribution in [-0.2, 0) is 20.4 Å². The predicted octanol–water partition coefficient (Wildman–Crippen LogP) is 3.86. The second-order valence-electron chi connectivity index (χ2n) is 8.54. The van der Waals surface area contributed by atoms with Gasteiger partial charge in [0.05, 0.1) is 17.6 Å². The standard InChI is InChI=1S/C29H25N3O4S/c30-16-17-31-29(34)27(32-28(33)22-9-2-1-3-10-22)20-37(35,36)19-25-12-6-7-13-26(25)24-15-14-21-8-4-5-11-23(21)18-24/h1-15,18,27H,17,19-20H2,(H,31,34)(H,32,33). The number of carbonyl (C=O) groups excluding carboxylic acids is 2. The summed E-state index contributed by atoms with van der Waals surface area (Å²) in [5.74, 6) is -2.25. The minimum Gasteiger partial charge on any atom is -0.341 e. The van der Waals surface area contributed by atoms with Crippen LogP contribution in [0.2, 0.25) is 0 Å². The minimum absolute atomic E-state index is 0.291. The van der Waals surface area contributed by atoms with Crippen LogP contribution in [0.4, 0.5) is 0 Å². The van der Waals surface area contributed by atoms with E-state index in [1.54, 1.807) is 48.5 Å². The molecule has 0 heterocycles. The lowest BCUT2D eigenvalue weighted by Gasteiger charge is -2.19. The molecule has 0 spiro atoms. The Balaban J connectivity index is 1.58. The highest BCUT2D eigenvalue weighted by atomic mass is 32.2. The summed E-state index contributed by atoms with van der Waals surface area (Å²) in [6, 6.07) is 29.7. The lowest BCUT2D eigenvalue weighted by molar-refractivity contribution is -0.122. The molecule has 0 aromatic heterocycles. The van der Waals surface area contributed by atoms with Gasteiger partial charge in [0.25, 0.3) is 5.91 Å². The van der Waals surface area contributed by atoms with E-state index in [1.165, 1.54) is 0 Å². The molecule has 0 aliphatic rings. The molecule has 2 N–H and O–H groups in total. The van der Waals surface area contributed by atoms with Gasteiger partial charge in [-0.1, -0.05) is 78.9 Å². The second kappa shape index (κ2) is 11.5. The largest absolute Gasteiger partial charge is 0.341 e. The summed E-state index contributed by atoms with van der Waals surface area (Å²) < 4.78 is 26.6. The fourth-order valence-corrected chi connectivity index (χ4v) is 5.68. The molecule has 4 aromatic carbocycles. The normalized spacial score (nSPS) is 11.9. The number of hydrogen-bond donors (Lipinski definition) is 2. The molecule has 186 valence electrons. The molecule has 7 nitrogen and oxygen atoms in total. The summed E-state index contributed by atoms with van der Waals surface area (Å²) in [6.45, 7) is -0.304. The van der Waals surface area contributed by atoms with Crippen LogP contribution < -0.4 is 10.6 Å². The van der Waals surface area contributed by atoms with Gasteiger partial charge in [-0.25, -0.2) is 8.42 Å². The molecule has 0 aliphatic carbocycles. The van der Waals surface area contributed by atoms with Crippen LogP contribution in [0.25, 0.3) is 21.9 Å². The van der Waals surface area contributed by atoms with E-state index in [9.17, 15) is 18.0 Å². The summed E-state index contributed by atoms with van der Waals surface area (Å²) in [5, 5.41) is 15.8. The van der Waals surface area contributed by atoms with Gasteiger partial charge in [0.2, 0.25) is 5.91 Å². The van der Waals surface area contributed by atoms with Crippen LogP contribution in [0.1, 0.15) is 15.9 Å². The highest BCUT2D eigenvalue weighted by molar-refractivity contribution is 7.90. The topological polar surface area (TPSA) is 116 Å². The zero-order chi connectivity index (χ0) is 26.3. The van der Waals surface area contributed by atoms with Crippen LogP contribution in [-0.4, -0.2) is 38.6 Å². The molecule has 4 aromatic rings. The molecule has 37 heavy (non-hydrogen) atoms. The Morgan fingerprint density at radius 1 is 0.838 bits per heavy atom. The Morgan fingerprint density at radius 2 is 1.51 bits per heavy atom. The quantitative estimate of drug-likeness (QED) is 0.331. The van der Waals surface area contributed by atoms with Crippen molar-refractivity contribution in [3.05, 3.63) is 108 Å². The van der Waals surface area contributed by atoms with Gasteiger partial charge in [-0.05, 0) is 45.7 Å². The van der Waals surface area contributed by atoms with Gasteiger partial charge in [0.1, 0.15) is 12.6 Å². The van der Waals surface area contributed by atoms with Crippen molar-refractivity contribution in [3.63, 3.8) is 0 Å². The number of nitrogens with one attached hydrogen (secondary N) is 2. The Kier molecular flexibility index (Phi) is 7.96. The summed E-state index contributed by atoms with van der Waals surface area (Å²) in [4.78, 5) is 25.3. The number of rotatable bonds is 9. The molecule has 1 atom stereocenters. The minimum atomic E-state index is -3.86. The van der Waals surface area contributed by atoms with Crippen LogP contribution in [0.15, 0.2) is 97.1 Å². The molecule has 0 saturated carbocycles. The zero-order valence-electron chi connectivity index (χ0n) is 19.9. The first-order valence-corrected chi connectivity index (χ1v) is 13.5. The lowest BCUT2D eigenvalue weighted by Crippen LogP contribution is -2.50. The van der Waals surface area contributed by atoms with E-state index in [0.29, 0.717) is 11.1 Å². The van der Waals surface area contributed by atoms with Crippen molar-refractivity contribution in [1.82, 2.24) is 10.6 Å². The first-order chi connectivity index (χ1) is 17.9. The molecular formula is C29H25N3O4S. The number of nitrogens with zero attached hydrogens (tertiary/aromatic N) is 1. The van der Waals surface area contributed by atoms with Crippen LogP contribution in [0.3, 0.4) is 0 Å². The third-order valence-electron chi connectivity index (χ3n) is 5.87. The van der Waals surface area contributed by atoms with Crippen LogP contribution >= 0.6 is 0 Å². The Hall–Kier alpha value is -4.48. The fraction of sp³-hybridized carbons (Fsp3) is 0.138. The smallest absolute Gasteiger partial charge is 0.251 e. The van der Waals surface area contributed by atoms with Crippen molar-refractivity contribution in [2.24, 2.45) is 0 Å². The number of amides is 2. The third-order valence-corrected chi connectivity index (χ3v) is 7.47. The average Bonchev–Trinajstić information content (AvgIpc) is 2.91. The van der Waals surface area contributed by atoms with E-state index in [2.05, 4.69) is 10.6 Å². The molecule has 0 fully saturated rings. The van der Waals surface area contributed by atoms with E-state index in [0.717, 1.165) is 21.9 Å². The molecule has 4 rings (SSSR count). The number of hydrogen-bond acceptors (Lipinski definition) is 5. The van der Waals surface area contributed by atoms with Crippen molar-refractivity contribution in [2.45, 2.75) is 11.8 Å². The predicted molar refractivity (Wildman–Crippen MR) is 143 cm³/mol. The molecule has 2 amide bonds. The molecule has 0 bridgehead atoms. The molecule has 0 aliphatic heterocycles. The van der Waals surface area contributed by atoms with Gasteiger partial charge in [-0.2, -0.15) is 5.26 Å². The molecule has 8 heteroatoms. The number of fused-ring (bicyclic) bond motifs is 1. The van der Waals surface area contributed by atoms with E-state index >= 15 is 0 Å². The zero-order valence-corrected chi connectivity index (χ0v) is 20.7. The van der Waals surface area contributed by atoms with Crippen LogP contribution in [0.5, 0.6) is 0 Å². The van der Waals surface area contributed by atoms with Gasteiger partial charge >= 0.3 is 0 Å². The summed E-state index contributed by atoms with van der Waals surface area (Å²) in [7, 11) is -3.86. The van der Waals surface area contributed by atoms with Crippen molar-refractivity contribution >= 4 is 32.4 Å². The van der Waals surface area contributed by atoms with E-state index < -0.39 is 33.4 Å². The van der Waals surface area contributed by atoms with Gasteiger partial charge in [-0.15, -0.1) is 0 Å². The molecular weight excluding hydrogens is 486 g/mol. The van der Waals surface area contributed by atoms with Gasteiger partial charge in [-0.3, -0.25) is 9.59 Å². The van der Waals surface area contributed by atoms with Crippen molar-refractivity contribution in [3.8, 4) is 17.2 Å². The summed E-state index contributed by atoms with van der Waals surface area (Å²) >= 11 is 0. The van der Waals surface area contributed by atoms with E-state index in [-0.39, 0.29) is 12.3 Å². The third kappa shape index (κ3) is 6.60. The number of benzene rings is 4. The molecule has 0 radical (unpaired) electrons. The van der Waals surface area contributed by atoms with Crippen LogP contribution in [0, 0.1) is 11.3 Å². The maximum atomic E-state index is 13.3. The SMILES string of the molecule is N#CCNC(=O)C(CS(=O)(=O)Cc1ccccc1-c1ccc2ccccc2c1)NC(=O)c1ccccc1. The molecule has 1 unspecified atom stereocenters. The van der Waals surface area contributed by atoms with Gasteiger partial charge < -0.3 is 10.6 Å². The monoisotopic (exact) mass is 511 g/mol. The van der Waals surface area contributed by atoms with Gasteiger partial charge in [0, 0.05) is 5.56 Å². The first kappa shape index (κ1) is 25.6. The highest BCUT2D eigenvalue weighted by Gasteiger charge is 2.28. The van der Waals surface area contributed by atoms with E-state index in [4.69, 9.17) is 5.26 Å². The Labute approximate surface area is 215 Å². The fourth-order valence-electron chi connectivity index (χ4n) is 4.10. The van der Waals surface area contributed by atoms with Crippen molar-refractivity contribution in [2.75, 3.05) is 12.3 Å². The first-order valence-electron chi connectivity index (χ1n) is 11.6. The summed E-state index contributed by atoms with van der Waals surface area (Å²) in [5.41, 5.74) is 2.53.